The maximum absolute atomic E-state index is 13.3. The van der Waals surface area contributed by atoms with Gasteiger partial charge < -0.3 is 21.5 Å². The second kappa shape index (κ2) is 8.81. The van der Waals surface area contributed by atoms with Gasteiger partial charge in [0.1, 0.15) is 18.2 Å². The van der Waals surface area contributed by atoms with Crippen molar-refractivity contribution in [3.8, 4) is 17.0 Å². The second-order valence-corrected chi connectivity index (χ2v) is 7.96. The topological polar surface area (TPSA) is 100 Å². The summed E-state index contributed by atoms with van der Waals surface area (Å²) in [6.45, 7) is -0.352. The van der Waals surface area contributed by atoms with E-state index in [9.17, 15) is 14.3 Å². The molecular weight excluding hydrogens is 419 g/mol. The molecule has 1 heterocycles. The Morgan fingerprint density at radius 2 is 1.97 bits per heavy atom. The Morgan fingerprint density at radius 3 is 2.68 bits per heavy atom. The number of amides is 1. The molecule has 1 amide bonds. The van der Waals surface area contributed by atoms with E-state index in [0.29, 0.717) is 45.3 Å². The zero-order valence-corrected chi connectivity index (χ0v) is 17.4. The molecule has 5 N–H and O–H groups in total. The van der Waals surface area contributed by atoms with Crippen molar-refractivity contribution in [2.75, 3.05) is 11.1 Å². The number of hydrogen-bond acceptors (Lipinski definition) is 5. The predicted molar refractivity (Wildman–Crippen MR) is 120 cm³/mol. The number of hydrogen-bond donors (Lipinski definition) is 4. The number of alkyl halides is 1. The number of nitrogens with zero attached hydrogens (tertiary/aromatic N) is 1. The third-order valence-corrected chi connectivity index (χ3v) is 5.41. The summed E-state index contributed by atoms with van der Waals surface area (Å²) in [6, 6.07) is 13.4. The maximum Gasteiger partial charge on any atom is 0.223 e. The normalized spacial score (nSPS) is 13.1. The van der Waals surface area contributed by atoms with Crippen LogP contribution in [-0.4, -0.2) is 16.0 Å². The molecular formula is C23H22ClFN4O2. The van der Waals surface area contributed by atoms with Gasteiger partial charge in [-0.2, -0.15) is 0 Å². The number of halogens is 2. The Balaban J connectivity index is 1.55. The van der Waals surface area contributed by atoms with Gasteiger partial charge in [-0.25, -0.2) is 9.37 Å². The fraction of sp³-hybridized carbons (Fsp3) is 0.217. The number of anilines is 3. The first-order valence-electron chi connectivity index (χ1n) is 9.92. The van der Waals surface area contributed by atoms with Crippen molar-refractivity contribution >= 4 is 34.7 Å². The first-order chi connectivity index (χ1) is 14.9. The van der Waals surface area contributed by atoms with Crippen LogP contribution in [0.2, 0.25) is 5.02 Å². The summed E-state index contributed by atoms with van der Waals surface area (Å²) in [6.07, 6.45) is 1.87. The van der Waals surface area contributed by atoms with E-state index in [1.807, 2.05) is 0 Å². The molecule has 160 valence electrons. The number of nitrogen functional groups attached to an aromatic ring is 1. The first-order valence-corrected chi connectivity index (χ1v) is 10.3. The van der Waals surface area contributed by atoms with Crippen LogP contribution in [0.1, 0.15) is 24.0 Å². The molecule has 0 radical (unpaired) electrons. The Labute approximate surface area is 184 Å². The highest BCUT2D eigenvalue weighted by atomic mass is 35.5. The summed E-state index contributed by atoms with van der Waals surface area (Å²) in [5.74, 6) is 0.478. The molecule has 0 bridgehead atoms. The monoisotopic (exact) mass is 440 g/mol. The third kappa shape index (κ3) is 4.88. The van der Waals surface area contributed by atoms with Gasteiger partial charge >= 0.3 is 0 Å². The number of benzene rings is 2. The second-order valence-electron chi connectivity index (χ2n) is 7.52. The number of nitrogens with one attached hydrogen (secondary N) is 2. The fourth-order valence-corrected chi connectivity index (χ4v) is 3.44. The molecule has 0 atom stereocenters. The molecule has 0 spiro atoms. The predicted octanol–water partition coefficient (Wildman–Crippen LogP) is 4.93. The Hall–Kier alpha value is -3.32. The summed E-state index contributed by atoms with van der Waals surface area (Å²) in [7, 11) is 0. The van der Waals surface area contributed by atoms with Crippen LogP contribution in [0.5, 0.6) is 5.75 Å². The molecule has 1 fully saturated rings. The van der Waals surface area contributed by atoms with E-state index in [1.54, 1.807) is 42.5 Å². The van der Waals surface area contributed by atoms with Crippen LogP contribution in [0, 0.1) is 5.92 Å². The molecule has 1 aromatic heterocycles. The van der Waals surface area contributed by atoms with Crippen LogP contribution in [0.4, 0.5) is 21.6 Å². The number of pyridine rings is 1. The number of carbonyl (C=O) groups excluding carboxylic acids is 1. The van der Waals surface area contributed by atoms with Gasteiger partial charge in [-0.3, -0.25) is 4.79 Å². The van der Waals surface area contributed by atoms with Gasteiger partial charge in [0, 0.05) is 45.6 Å². The summed E-state index contributed by atoms with van der Waals surface area (Å²) in [5.41, 5.74) is 9.41. The molecule has 1 aliphatic carbocycles. The number of phenols is 1. The summed E-state index contributed by atoms with van der Waals surface area (Å²) in [4.78, 5) is 16.2. The average Bonchev–Trinajstić information content (AvgIpc) is 3.60. The molecule has 2 aromatic carbocycles. The van der Waals surface area contributed by atoms with Gasteiger partial charge in [-0.15, -0.1) is 0 Å². The quantitative estimate of drug-likeness (QED) is 0.390. The number of phenolic OH excluding ortho intramolecular Hbond substituents is 1. The first kappa shape index (κ1) is 20.9. The molecule has 1 saturated carbocycles. The molecule has 0 saturated heterocycles. The van der Waals surface area contributed by atoms with Crippen LogP contribution in [0.3, 0.4) is 0 Å². The lowest BCUT2D eigenvalue weighted by Gasteiger charge is -2.14. The van der Waals surface area contributed by atoms with Gasteiger partial charge in [-0.05, 0) is 55.3 Å². The van der Waals surface area contributed by atoms with E-state index in [4.69, 9.17) is 17.3 Å². The number of aromatic nitrogens is 1. The van der Waals surface area contributed by atoms with E-state index in [-0.39, 0.29) is 23.4 Å². The van der Waals surface area contributed by atoms with E-state index in [1.165, 1.54) is 6.07 Å². The molecule has 8 heteroatoms. The number of rotatable bonds is 7. The molecule has 6 nitrogen and oxygen atoms in total. The zero-order chi connectivity index (χ0) is 22.0. The van der Waals surface area contributed by atoms with Crippen molar-refractivity contribution in [3.63, 3.8) is 0 Å². The number of nitrogens with two attached hydrogens (primary N) is 1. The minimum atomic E-state index is -0.662. The van der Waals surface area contributed by atoms with E-state index in [0.717, 1.165) is 12.8 Å². The van der Waals surface area contributed by atoms with Gasteiger partial charge in [0.05, 0.1) is 5.69 Å². The fourth-order valence-electron chi connectivity index (χ4n) is 3.24. The smallest absolute Gasteiger partial charge is 0.223 e. The van der Waals surface area contributed by atoms with E-state index < -0.39 is 6.67 Å². The molecule has 0 unspecified atom stereocenters. The SMILES string of the molecule is Nc1nc(-c2cc(Nc3ccc(Cl)cc3CF)ccc2O)ccc1CNC(=O)C1CC1. The van der Waals surface area contributed by atoms with E-state index >= 15 is 0 Å². The number of aromatic hydroxyl groups is 1. The maximum atomic E-state index is 13.3. The van der Waals surface area contributed by atoms with Gasteiger partial charge in [0.25, 0.3) is 0 Å². The van der Waals surface area contributed by atoms with Crippen LogP contribution in [-0.2, 0) is 18.0 Å². The summed E-state index contributed by atoms with van der Waals surface area (Å²) >= 11 is 5.94. The lowest BCUT2D eigenvalue weighted by Crippen LogP contribution is -2.24. The van der Waals surface area contributed by atoms with Crippen LogP contribution >= 0.6 is 11.6 Å². The molecule has 0 aliphatic heterocycles. The lowest BCUT2D eigenvalue weighted by molar-refractivity contribution is -0.122. The largest absolute Gasteiger partial charge is 0.507 e. The van der Waals surface area contributed by atoms with Gasteiger partial charge in [0.15, 0.2) is 0 Å². The van der Waals surface area contributed by atoms with Crippen molar-refractivity contribution in [1.29, 1.82) is 0 Å². The minimum Gasteiger partial charge on any atom is -0.507 e. The standard InChI is InChI=1S/C23H22ClFN4O2/c24-16-4-7-19(15(9-16)11-25)28-17-5-8-21(30)18(10-17)20-6-3-14(22(26)29-20)12-27-23(31)13-1-2-13/h3-10,13,28,30H,1-2,11-12H2,(H2,26,29)(H,27,31). The van der Waals surface area contributed by atoms with Crippen molar-refractivity contribution < 1.29 is 14.3 Å². The summed E-state index contributed by atoms with van der Waals surface area (Å²) < 4.78 is 13.3. The highest BCUT2D eigenvalue weighted by Gasteiger charge is 2.29. The average molecular weight is 441 g/mol. The Kier molecular flexibility index (Phi) is 5.95. The van der Waals surface area contributed by atoms with Crippen LogP contribution in [0.15, 0.2) is 48.5 Å². The molecule has 31 heavy (non-hydrogen) atoms. The van der Waals surface area contributed by atoms with Crippen molar-refractivity contribution in [2.24, 2.45) is 5.92 Å². The van der Waals surface area contributed by atoms with Crippen LogP contribution in [0.25, 0.3) is 11.3 Å². The Bertz CT molecular complexity index is 1130. The van der Waals surface area contributed by atoms with E-state index in [2.05, 4.69) is 15.6 Å². The Morgan fingerprint density at radius 1 is 1.16 bits per heavy atom. The molecule has 1 aliphatic rings. The van der Waals surface area contributed by atoms with Crippen molar-refractivity contribution in [2.45, 2.75) is 26.1 Å². The number of carbonyl (C=O) groups is 1. The zero-order valence-electron chi connectivity index (χ0n) is 16.7. The molecule has 3 aromatic rings. The van der Waals surface area contributed by atoms with Crippen molar-refractivity contribution in [3.05, 3.63) is 64.7 Å². The van der Waals surface area contributed by atoms with Gasteiger partial charge in [-0.1, -0.05) is 17.7 Å². The highest BCUT2D eigenvalue weighted by molar-refractivity contribution is 6.30. The summed E-state index contributed by atoms with van der Waals surface area (Å²) in [5, 5.41) is 16.8. The van der Waals surface area contributed by atoms with Crippen molar-refractivity contribution in [1.82, 2.24) is 10.3 Å². The third-order valence-electron chi connectivity index (χ3n) is 5.18. The molecule has 4 rings (SSSR count). The lowest BCUT2D eigenvalue weighted by atomic mass is 10.1. The van der Waals surface area contributed by atoms with Gasteiger partial charge in [0.2, 0.25) is 5.91 Å². The minimum absolute atomic E-state index is 0.0362. The van der Waals surface area contributed by atoms with Crippen LogP contribution < -0.4 is 16.4 Å². The highest BCUT2D eigenvalue weighted by Crippen LogP contribution is 2.34.